The van der Waals surface area contributed by atoms with Gasteiger partial charge in [0.1, 0.15) is 0 Å². The van der Waals surface area contributed by atoms with E-state index in [0.29, 0.717) is 15.7 Å². The highest BCUT2D eigenvalue weighted by Gasteiger charge is 2.29. The Kier molecular flexibility index (Phi) is 5.87. The molecule has 21 heavy (non-hydrogen) atoms. The van der Waals surface area contributed by atoms with Crippen LogP contribution in [0, 0.1) is 0 Å². The lowest BCUT2D eigenvalue weighted by molar-refractivity contribution is -0.131. The van der Waals surface area contributed by atoms with Gasteiger partial charge in [0, 0.05) is 17.4 Å². The van der Waals surface area contributed by atoms with Gasteiger partial charge >= 0.3 is 5.97 Å². The van der Waals surface area contributed by atoms with Crippen LogP contribution < -0.4 is 5.32 Å². The number of thioether (sulfide) groups is 1. The monoisotopic (exact) mass is 325 g/mol. The van der Waals surface area contributed by atoms with Crippen molar-refractivity contribution in [2.24, 2.45) is 0 Å². The van der Waals surface area contributed by atoms with Gasteiger partial charge in [0.15, 0.2) is 0 Å². The Hall–Kier alpha value is -1.27. The van der Waals surface area contributed by atoms with E-state index in [9.17, 15) is 9.59 Å². The van der Waals surface area contributed by atoms with E-state index in [4.69, 9.17) is 5.11 Å². The standard InChI is InChI=1S/C15H19NO3S2/c1-2-20-12-5-3-4-11(12)16-15(19)14-10(8-9-21-14)6-7-13(17)18/h6-9,11-12H,2-5H2,1H3,(H,16,19)(H,17,18)/b7-6+. The molecule has 1 fully saturated rings. The van der Waals surface area contributed by atoms with Gasteiger partial charge in [-0.25, -0.2) is 4.79 Å². The van der Waals surface area contributed by atoms with Gasteiger partial charge < -0.3 is 10.4 Å². The summed E-state index contributed by atoms with van der Waals surface area (Å²) in [6.07, 6.45) is 5.86. The first-order valence-corrected chi connectivity index (χ1v) is 8.95. The second kappa shape index (κ2) is 7.66. The molecule has 114 valence electrons. The molecule has 0 spiro atoms. The topological polar surface area (TPSA) is 66.4 Å². The van der Waals surface area contributed by atoms with Crippen molar-refractivity contribution in [3.8, 4) is 0 Å². The minimum Gasteiger partial charge on any atom is -0.478 e. The van der Waals surface area contributed by atoms with Gasteiger partial charge in [-0.1, -0.05) is 13.3 Å². The number of rotatable bonds is 6. The highest BCUT2D eigenvalue weighted by Crippen LogP contribution is 2.30. The number of hydrogen-bond donors (Lipinski definition) is 2. The predicted octanol–water partition coefficient (Wildman–Crippen LogP) is 3.25. The van der Waals surface area contributed by atoms with Gasteiger partial charge in [-0.05, 0) is 41.7 Å². The molecule has 1 aliphatic carbocycles. The van der Waals surface area contributed by atoms with Crippen molar-refractivity contribution in [2.75, 3.05) is 5.75 Å². The summed E-state index contributed by atoms with van der Waals surface area (Å²) in [4.78, 5) is 23.6. The second-order valence-corrected chi connectivity index (χ2v) is 7.31. The molecule has 0 aliphatic heterocycles. The van der Waals surface area contributed by atoms with Gasteiger partial charge in [0.05, 0.1) is 4.88 Å². The molecule has 1 aromatic rings. The third kappa shape index (κ3) is 4.35. The number of nitrogens with one attached hydrogen (secondary N) is 1. The lowest BCUT2D eigenvalue weighted by atomic mass is 10.2. The van der Waals surface area contributed by atoms with E-state index in [1.165, 1.54) is 17.4 Å². The van der Waals surface area contributed by atoms with Gasteiger partial charge in [-0.3, -0.25) is 4.79 Å². The van der Waals surface area contributed by atoms with E-state index in [2.05, 4.69) is 12.2 Å². The first kappa shape index (κ1) is 16.1. The normalized spacial score (nSPS) is 21.8. The Bertz CT molecular complexity index is 539. The zero-order chi connectivity index (χ0) is 15.2. The SMILES string of the molecule is CCSC1CCCC1NC(=O)c1sccc1/C=C/C(=O)O. The molecule has 1 aliphatic rings. The van der Waals surface area contributed by atoms with E-state index in [1.54, 1.807) is 6.07 Å². The molecule has 0 saturated heterocycles. The Morgan fingerprint density at radius 3 is 3.05 bits per heavy atom. The molecule has 6 heteroatoms. The molecule has 2 atom stereocenters. The molecule has 2 N–H and O–H groups in total. The maximum atomic E-state index is 12.4. The average Bonchev–Trinajstić information content (AvgIpc) is 3.06. The van der Waals surface area contributed by atoms with Crippen molar-refractivity contribution in [3.05, 3.63) is 28.0 Å². The van der Waals surface area contributed by atoms with Crippen LogP contribution in [-0.2, 0) is 4.79 Å². The molecule has 4 nitrogen and oxygen atoms in total. The van der Waals surface area contributed by atoms with Gasteiger partial charge in [0.2, 0.25) is 0 Å². The predicted molar refractivity (Wildman–Crippen MR) is 88.0 cm³/mol. The quantitative estimate of drug-likeness (QED) is 0.788. The van der Waals surface area contributed by atoms with Crippen LogP contribution in [0.25, 0.3) is 6.08 Å². The number of thiophene rings is 1. The number of amides is 1. The minimum absolute atomic E-state index is 0.0939. The van der Waals surface area contributed by atoms with Crippen LogP contribution >= 0.6 is 23.1 Å². The second-order valence-electron chi connectivity index (χ2n) is 4.88. The summed E-state index contributed by atoms with van der Waals surface area (Å²) in [5, 5.41) is 14.1. The average molecular weight is 325 g/mol. The van der Waals surface area contributed by atoms with Crippen molar-refractivity contribution in [2.45, 2.75) is 37.5 Å². The van der Waals surface area contributed by atoms with Crippen LogP contribution in [0.3, 0.4) is 0 Å². The lowest BCUT2D eigenvalue weighted by Crippen LogP contribution is -2.38. The molecule has 1 saturated carbocycles. The largest absolute Gasteiger partial charge is 0.478 e. The van der Waals surface area contributed by atoms with Crippen LogP contribution in [0.2, 0.25) is 0 Å². The molecular formula is C15H19NO3S2. The summed E-state index contributed by atoms with van der Waals surface area (Å²) in [6, 6.07) is 1.99. The maximum absolute atomic E-state index is 12.4. The molecule has 2 unspecified atom stereocenters. The van der Waals surface area contributed by atoms with Crippen LogP contribution in [0.15, 0.2) is 17.5 Å². The van der Waals surface area contributed by atoms with Gasteiger partial charge in [-0.15, -0.1) is 11.3 Å². The first-order chi connectivity index (χ1) is 10.1. The Morgan fingerprint density at radius 2 is 2.33 bits per heavy atom. The number of aliphatic carboxylic acids is 1. The molecule has 0 aromatic carbocycles. The molecule has 1 amide bonds. The third-order valence-electron chi connectivity index (χ3n) is 3.46. The van der Waals surface area contributed by atoms with E-state index in [0.717, 1.165) is 31.1 Å². The first-order valence-electron chi connectivity index (χ1n) is 7.02. The van der Waals surface area contributed by atoms with Crippen LogP contribution in [0.1, 0.15) is 41.4 Å². The molecule has 0 bridgehead atoms. The number of carboxylic acid groups (broad SMARTS) is 1. The number of hydrogen-bond acceptors (Lipinski definition) is 4. The van der Waals surface area contributed by atoms with E-state index < -0.39 is 5.97 Å². The van der Waals surface area contributed by atoms with Crippen molar-refractivity contribution < 1.29 is 14.7 Å². The minimum atomic E-state index is -1.01. The molecule has 1 aromatic heterocycles. The van der Waals surface area contributed by atoms with E-state index >= 15 is 0 Å². The van der Waals surface area contributed by atoms with E-state index in [-0.39, 0.29) is 11.9 Å². The highest BCUT2D eigenvalue weighted by atomic mass is 32.2. The van der Waals surface area contributed by atoms with Crippen LogP contribution in [0.5, 0.6) is 0 Å². The maximum Gasteiger partial charge on any atom is 0.328 e. The fourth-order valence-electron chi connectivity index (χ4n) is 2.53. The van der Waals surface area contributed by atoms with Crippen LogP contribution in [-0.4, -0.2) is 34.0 Å². The Balaban J connectivity index is 2.04. The summed E-state index contributed by atoms with van der Waals surface area (Å²) >= 11 is 3.25. The Labute approximate surface area is 132 Å². The zero-order valence-corrected chi connectivity index (χ0v) is 13.5. The third-order valence-corrected chi connectivity index (χ3v) is 5.71. The van der Waals surface area contributed by atoms with Gasteiger partial charge in [-0.2, -0.15) is 11.8 Å². The molecule has 1 heterocycles. The van der Waals surface area contributed by atoms with Crippen molar-refractivity contribution >= 4 is 41.1 Å². The Morgan fingerprint density at radius 1 is 1.52 bits per heavy atom. The summed E-state index contributed by atoms with van der Waals surface area (Å²) in [5.41, 5.74) is 0.664. The van der Waals surface area contributed by atoms with Crippen molar-refractivity contribution in [3.63, 3.8) is 0 Å². The highest BCUT2D eigenvalue weighted by molar-refractivity contribution is 7.99. The van der Waals surface area contributed by atoms with E-state index in [1.807, 2.05) is 17.1 Å². The fourth-order valence-corrected chi connectivity index (χ4v) is 4.52. The molecule has 0 radical (unpaired) electrons. The number of carbonyl (C=O) groups excluding carboxylic acids is 1. The molecule has 2 rings (SSSR count). The number of carboxylic acids is 1. The van der Waals surface area contributed by atoms with Crippen LogP contribution in [0.4, 0.5) is 0 Å². The lowest BCUT2D eigenvalue weighted by Gasteiger charge is -2.20. The fraction of sp³-hybridized carbons (Fsp3) is 0.467. The smallest absolute Gasteiger partial charge is 0.328 e. The number of carbonyl (C=O) groups is 2. The zero-order valence-electron chi connectivity index (χ0n) is 11.9. The summed E-state index contributed by atoms with van der Waals surface area (Å²) in [7, 11) is 0. The molecular weight excluding hydrogens is 306 g/mol. The van der Waals surface area contributed by atoms with Crippen molar-refractivity contribution in [1.82, 2.24) is 5.32 Å². The van der Waals surface area contributed by atoms with Gasteiger partial charge in [0.25, 0.3) is 5.91 Å². The summed E-state index contributed by atoms with van der Waals surface area (Å²) in [6.45, 7) is 2.13. The summed E-state index contributed by atoms with van der Waals surface area (Å²) < 4.78 is 0. The van der Waals surface area contributed by atoms with Crippen molar-refractivity contribution in [1.29, 1.82) is 0 Å². The summed E-state index contributed by atoms with van der Waals surface area (Å²) in [5.74, 6) is -0.0470.